The summed E-state index contributed by atoms with van der Waals surface area (Å²) >= 11 is 0. The average molecular weight is 356 g/mol. The summed E-state index contributed by atoms with van der Waals surface area (Å²) < 4.78 is 0. The summed E-state index contributed by atoms with van der Waals surface area (Å²) in [5, 5.41) is 22.6. The Morgan fingerprint density at radius 3 is 2.48 bits per heavy atom. The van der Waals surface area contributed by atoms with Gasteiger partial charge in [0.25, 0.3) is 5.91 Å². The summed E-state index contributed by atoms with van der Waals surface area (Å²) in [5.41, 5.74) is 2.26. The van der Waals surface area contributed by atoms with Crippen molar-refractivity contribution in [2.45, 2.75) is 6.42 Å². The highest BCUT2D eigenvalue weighted by atomic mass is 16.3. The monoisotopic (exact) mass is 356 g/mol. The number of hydrogen-bond donors (Lipinski definition) is 2. The number of nitrogens with one attached hydrogen (secondary N) is 1. The Hall–Kier alpha value is -3.80. The van der Waals surface area contributed by atoms with Gasteiger partial charge in [-0.25, -0.2) is 0 Å². The number of carbonyl (C=O) groups excluding carboxylic acids is 1. The first-order valence-electron chi connectivity index (χ1n) is 8.44. The molecule has 0 aliphatic heterocycles. The number of aromatic nitrogens is 3. The standard InChI is InChI=1S/C21H16N4O2/c26-16-5-3-4-15(13-16)21(27)23-20-18-7-2-1-6-17(18)19(24-25-20)12-14-8-10-22-11-9-14/h1-11,13,26H,12H2,(H,23,25,27). The van der Waals surface area contributed by atoms with Crippen LogP contribution in [0.25, 0.3) is 10.8 Å². The zero-order valence-electron chi connectivity index (χ0n) is 14.3. The minimum atomic E-state index is -0.354. The topological polar surface area (TPSA) is 88.0 Å². The first-order chi connectivity index (χ1) is 13.2. The van der Waals surface area contributed by atoms with E-state index in [9.17, 15) is 9.90 Å². The molecule has 0 bridgehead atoms. The van der Waals surface area contributed by atoms with Crippen LogP contribution in [0.15, 0.2) is 73.1 Å². The first kappa shape index (κ1) is 16.7. The molecule has 132 valence electrons. The lowest BCUT2D eigenvalue weighted by Crippen LogP contribution is -2.14. The molecule has 27 heavy (non-hydrogen) atoms. The molecule has 0 saturated heterocycles. The van der Waals surface area contributed by atoms with Gasteiger partial charge in [-0.3, -0.25) is 9.78 Å². The molecule has 2 N–H and O–H groups in total. The molecule has 0 atom stereocenters. The van der Waals surface area contributed by atoms with Crippen molar-refractivity contribution in [2.75, 3.05) is 5.32 Å². The van der Waals surface area contributed by atoms with E-state index in [2.05, 4.69) is 20.5 Å². The van der Waals surface area contributed by atoms with Gasteiger partial charge < -0.3 is 10.4 Å². The summed E-state index contributed by atoms with van der Waals surface area (Å²) in [6.07, 6.45) is 4.11. The van der Waals surface area contributed by atoms with E-state index in [1.54, 1.807) is 24.5 Å². The number of phenols is 1. The van der Waals surface area contributed by atoms with Gasteiger partial charge in [-0.1, -0.05) is 30.3 Å². The summed E-state index contributed by atoms with van der Waals surface area (Å²) in [6.45, 7) is 0. The van der Waals surface area contributed by atoms with Gasteiger partial charge >= 0.3 is 0 Å². The summed E-state index contributed by atoms with van der Waals surface area (Å²) in [7, 11) is 0. The van der Waals surface area contributed by atoms with E-state index in [4.69, 9.17) is 0 Å². The number of nitrogens with zero attached hydrogens (tertiary/aromatic N) is 3. The Kier molecular flexibility index (Phi) is 4.45. The van der Waals surface area contributed by atoms with Crippen molar-refractivity contribution < 1.29 is 9.90 Å². The lowest BCUT2D eigenvalue weighted by atomic mass is 10.0. The second-order valence-corrected chi connectivity index (χ2v) is 6.08. The molecule has 0 radical (unpaired) electrons. The van der Waals surface area contributed by atoms with Gasteiger partial charge in [0, 0.05) is 35.2 Å². The minimum Gasteiger partial charge on any atom is -0.508 e. The summed E-state index contributed by atoms with van der Waals surface area (Å²) in [6, 6.07) is 17.7. The van der Waals surface area contributed by atoms with Crippen molar-refractivity contribution in [3.63, 3.8) is 0 Å². The molecule has 6 nitrogen and oxygen atoms in total. The van der Waals surface area contributed by atoms with Crippen LogP contribution in [0.1, 0.15) is 21.6 Å². The Morgan fingerprint density at radius 1 is 0.926 bits per heavy atom. The van der Waals surface area contributed by atoms with E-state index < -0.39 is 0 Å². The van der Waals surface area contributed by atoms with Crippen LogP contribution in [0.2, 0.25) is 0 Å². The van der Waals surface area contributed by atoms with E-state index >= 15 is 0 Å². The lowest BCUT2D eigenvalue weighted by Gasteiger charge is -2.10. The second-order valence-electron chi connectivity index (χ2n) is 6.08. The highest BCUT2D eigenvalue weighted by molar-refractivity contribution is 6.08. The molecule has 4 rings (SSSR count). The van der Waals surface area contributed by atoms with Crippen molar-refractivity contribution in [3.8, 4) is 5.75 Å². The molecular weight excluding hydrogens is 340 g/mol. The van der Waals surface area contributed by atoms with Gasteiger partial charge in [-0.2, -0.15) is 5.10 Å². The summed E-state index contributed by atoms with van der Waals surface area (Å²) in [5.74, 6) is 0.0657. The van der Waals surface area contributed by atoms with E-state index in [0.717, 1.165) is 22.0 Å². The van der Waals surface area contributed by atoms with Crippen molar-refractivity contribution >= 4 is 22.5 Å². The molecule has 6 heteroatoms. The van der Waals surface area contributed by atoms with Gasteiger partial charge in [0.05, 0.1) is 5.69 Å². The zero-order valence-corrected chi connectivity index (χ0v) is 14.3. The Bertz CT molecular complexity index is 1110. The number of rotatable bonds is 4. The fourth-order valence-electron chi connectivity index (χ4n) is 2.90. The Labute approximate surface area is 155 Å². The quantitative estimate of drug-likeness (QED) is 0.584. The third-order valence-corrected chi connectivity index (χ3v) is 4.22. The highest BCUT2D eigenvalue weighted by Crippen LogP contribution is 2.25. The van der Waals surface area contributed by atoms with Crippen LogP contribution in [-0.2, 0) is 6.42 Å². The third kappa shape index (κ3) is 3.59. The fraction of sp³-hybridized carbons (Fsp3) is 0.0476. The molecule has 1 amide bonds. The smallest absolute Gasteiger partial charge is 0.257 e. The molecule has 0 aliphatic carbocycles. The Morgan fingerprint density at radius 2 is 1.70 bits per heavy atom. The normalized spacial score (nSPS) is 10.7. The van der Waals surface area contributed by atoms with Gasteiger partial charge in [-0.05, 0) is 35.9 Å². The molecule has 2 aromatic carbocycles. The molecule has 0 unspecified atom stereocenters. The van der Waals surface area contributed by atoms with E-state index in [1.165, 1.54) is 12.1 Å². The SMILES string of the molecule is O=C(Nc1nnc(Cc2ccncc2)c2ccccc12)c1cccc(O)c1. The van der Waals surface area contributed by atoms with Crippen molar-refractivity contribution in [1.82, 2.24) is 15.2 Å². The van der Waals surface area contributed by atoms with Crippen molar-refractivity contribution in [3.05, 3.63) is 89.9 Å². The maximum absolute atomic E-state index is 12.5. The van der Waals surface area contributed by atoms with Gasteiger partial charge in [0.2, 0.25) is 0 Å². The average Bonchev–Trinajstić information content (AvgIpc) is 2.70. The highest BCUT2D eigenvalue weighted by Gasteiger charge is 2.13. The van der Waals surface area contributed by atoms with Crippen molar-refractivity contribution in [1.29, 1.82) is 0 Å². The van der Waals surface area contributed by atoms with Crippen molar-refractivity contribution in [2.24, 2.45) is 0 Å². The number of pyridine rings is 1. The molecule has 0 saturated carbocycles. The maximum Gasteiger partial charge on any atom is 0.257 e. The molecule has 2 aromatic heterocycles. The zero-order chi connectivity index (χ0) is 18.6. The number of benzene rings is 2. The van der Waals surface area contributed by atoms with E-state index in [-0.39, 0.29) is 11.7 Å². The van der Waals surface area contributed by atoms with Crippen LogP contribution in [0, 0.1) is 0 Å². The number of amides is 1. The fourth-order valence-corrected chi connectivity index (χ4v) is 2.90. The molecular formula is C21H16N4O2. The number of aromatic hydroxyl groups is 1. The number of fused-ring (bicyclic) bond motifs is 1. The van der Waals surface area contributed by atoms with Gasteiger partial charge in [0.1, 0.15) is 5.75 Å². The second kappa shape index (κ2) is 7.21. The third-order valence-electron chi connectivity index (χ3n) is 4.22. The Balaban J connectivity index is 1.68. The largest absolute Gasteiger partial charge is 0.508 e. The van der Waals surface area contributed by atoms with Crippen LogP contribution in [0.3, 0.4) is 0 Å². The predicted octanol–water partition coefficient (Wildman–Crippen LogP) is 3.57. The summed E-state index contributed by atoms with van der Waals surface area (Å²) in [4.78, 5) is 16.5. The van der Waals surface area contributed by atoms with Crippen LogP contribution in [0.4, 0.5) is 5.82 Å². The number of phenolic OH excluding ortho intramolecular Hbond substituents is 1. The predicted molar refractivity (Wildman–Crippen MR) is 103 cm³/mol. The number of hydrogen-bond acceptors (Lipinski definition) is 5. The molecule has 4 aromatic rings. The maximum atomic E-state index is 12.5. The molecule has 2 heterocycles. The molecule has 0 fully saturated rings. The minimum absolute atomic E-state index is 0.0336. The number of carbonyl (C=O) groups is 1. The van der Waals surface area contributed by atoms with Crippen LogP contribution in [-0.4, -0.2) is 26.2 Å². The van der Waals surface area contributed by atoms with Crippen LogP contribution < -0.4 is 5.32 Å². The molecule has 0 spiro atoms. The van der Waals surface area contributed by atoms with Crippen LogP contribution >= 0.6 is 0 Å². The van der Waals surface area contributed by atoms with Gasteiger partial charge in [-0.15, -0.1) is 5.10 Å². The molecule has 0 aliphatic rings. The first-order valence-corrected chi connectivity index (χ1v) is 8.44. The number of anilines is 1. The van der Waals surface area contributed by atoms with E-state index in [1.807, 2.05) is 36.4 Å². The van der Waals surface area contributed by atoms with E-state index in [0.29, 0.717) is 17.8 Å². The van der Waals surface area contributed by atoms with Crippen LogP contribution in [0.5, 0.6) is 5.75 Å². The lowest BCUT2D eigenvalue weighted by molar-refractivity contribution is 0.102. The van der Waals surface area contributed by atoms with Gasteiger partial charge in [0.15, 0.2) is 5.82 Å².